The number of carbonyl (C=O) groups excluding carboxylic acids is 1. The Hall–Kier alpha value is -0.570. The molecule has 0 aromatic heterocycles. The standard InChI is InChI=1S/C13H22O3/c14-13(9-5-4-8-12-10-15-12)16-11-6-2-1-3-7-11/h11-12H,1-10H2. The van der Waals surface area contributed by atoms with E-state index in [1.54, 1.807) is 0 Å². The highest BCUT2D eigenvalue weighted by molar-refractivity contribution is 5.69. The molecule has 0 amide bonds. The van der Waals surface area contributed by atoms with Gasteiger partial charge in [-0.2, -0.15) is 0 Å². The molecule has 2 rings (SSSR count). The zero-order chi connectivity index (χ0) is 11.2. The van der Waals surface area contributed by atoms with Gasteiger partial charge in [-0.15, -0.1) is 0 Å². The summed E-state index contributed by atoms with van der Waals surface area (Å²) in [4.78, 5) is 11.5. The number of esters is 1. The molecule has 1 atom stereocenters. The summed E-state index contributed by atoms with van der Waals surface area (Å²) in [6.07, 6.45) is 10.3. The summed E-state index contributed by atoms with van der Waals surface area (Å²) in [6, 6.07) is 0. The van der Waals surface area contributed by atoms with Crippen molar-refractivity contribution in [2.24, 2.45) is 0 Å². The Morgan fingerprint density at radius 2 is 1.94 bits per heavy atom. The Morgan fingerprint density at radius 1 is 1.19 bits per heavy atom. The minimum absolute atomic E-state index is 0.00335. The largest absolute Gasteiger partial charge is 0.462 e. The van der Waals surface area contributed by atoms with Crippen LogP contribution >= 0.6 is 0 Å². The highest BCUT2D eigenvalue weighted by atomic mass is 16.6. The van der Waals surface area contributed by atoms with Gasteiger partial charge in [0, 0.05) is 6.42 Å². The second-order valence-corrected chi connectivity index (χ2v) is 4.95. The summed E-state index contributed by atoms with van der Waals surface area (Å²) in [6.45, 7) is 0.923. The number of carbonyl (C=O) groups is 1. The quantitative estimate of drug-likeness (QED) is 0.397. The van der Waals surface area contributed by atoms with Crippen LogP contribution in [0.3, 0.4) is 0 Å². The van der Waals surface area contributed by atoms with Gasteiger partial charge in [-0.05, 0) is 38.5 Å². The Morgan fingerprint density at radius 3 is 2.62 bits per heavy atom. The first kappa shape index (κ1) is 11.9. The third-order valence-electron chi connectivity index (χ3n) is 3.41. The van der Waals surface area contributed by atoms with Crippen LogP contribution in [0.25, 0.3) is 0 Å². The van der Waals surface area contributed by atoms with Crippen LogP contribution in [0, 0.1) is 0 Å². The number of unbranched alkanes of at least 4 members (excludes halogenated alkanes) is 1. The van der Waals surface area contributed by atoms with Gasteiger partial charge in [0.25, 0.3) is 0 Å². The topological polar surface area (TPSA) is 38.8 Å². The fourth-order valence-corrected chi connectivity index (χ4v) is 2.30. The lowest BCUT2D eigenvalue weighted by atomic mass is 9.98. The van der Waals surface area contributed by atoms with E-state index in [-0.39, 0.29) is 12.1 Å². The molecule has 1 aliphatic carbocycles. The van der Waals surface area contributed by atoms with Gasteiger partial charge in [-0.1, -0.05) is 12.8 Å². The molecular formula is C13H22O3. The highest BCUT2D eigenvalue weighted by Crippen LogP contribution is 2.21. The van der Waals surface area contributed by atoms with Crippen molar-refractivity contribution in [3.63, 3.8) is 0 Å². The molecule has 2 fully saturated rings. The molecule has 92 valence electrons. The number of epoxide rings is 1. The van der Waals surface area contributed by atoms with Gasteiger partial charge in [-0.3, -0.25) is 4.79 Å². The van der Waals surface area contributed by atoms with E-state index < -0.39 is 0 Å². The van der Waals surface area contributed by atoms with E-state index in [9.17, 15) is 4.79 Å². The van der Waals surface area contributed by atoms with Gasteiger partial charge >= 0.3 is 5.97 Å². The molecule has 0 N–H and O–H groups in total. The van der Waals surface area contributed by atoms with Gasteiger partial charge in [-0.25, -0.2) is 0 Å². The normalized spacial score (nSPS) is 25.4. The molecule has 1 saturated carbocycles. The summed E-state index contributed by atoms with van der Waals surface area (Å²) < 4.78 is 10.6. The van der Waals surface area contributed by atoms with E-state index in [0.29, 0.717) is 12.5 Å². The molecule has 0 aromatic carbocycles. The smallest absolute Gasteiger partial charge is 0.306 e. The van der Waals surface area contributed by atoms with Gasteiger partial charge < -0.3 is 9.47 Å². The average Bonchev–Trinajstić information content (AvgIpc) is 3.10. The molecule has 3 nitrogen and oxygen atoms in total. The summed E-state index contributed by atoms with van der Waals surface area (Å²) >= 11 is 0. The molecule has 1 aliphatic heterocycles. The fraction of sp³-hybridized carbons (Fsp3) is 0.923. The van der Waals surface area contributed by atoms with Crippen molar-refractivity contribution in [2.75, 3.05) is 6.61 Å². The highest BCUT2D eigenvalue weighted by Gasteiger charge is 2.21. The van der Waals surface area contributed by atoms with Crippen molar-refractivity contribution in [2.45, 2.75) is 70.0 Å². The van der Waals surface area contributed by atoms with E-state index in [4.69, 9.17) is 9.47 Å². The number of hydrogen-bond acceptors (Lipinski definition) is 3. The molecule has 3 heteroatoms. The van der Waals surface area contributed by atoms with Crippen molar-refractivity contribution in [3.05, 3.63) is 0 Å². The first-order valence-electron chi connectivity index (χ1n) is 6.65. The zero-order valence-electron chi connectivity index (χ0n) is 9.95. The van der Waals surface area contributed by atoms with Gasteiger partial charge in [0.15, 0.2) is 0 Å². The van der Waals surface area contributed by atoms with Crippen LogP contribution in [0.4, 0.5) is 0 Å². The van der Waals surface area contributed by atoms with Crippen LogP contribution in [0.1, 0.15) is 57.8 Å². The molecule has 0 radical (unpaired) electrons. The van der Waals surface area contributed by atoms with E-state index in [1.165, 1.54) is 19.3 Å². The number of rotatable bonds is 6. The molecule has 0 bridgehead atoms. The van der Waals surface area contributed by atoms with Crippen molar-refractivity contribution in [1.82, 2.24) is 0 Å². The zero-order valence-corrected chi connectivity index (χ0v) is 9.95. The molecular weight excluding hydrogens is 204 g/mol. The first-order chi connectivity index (χ1) is 7.84. The monoisotopic (exact) mass is 226 g/mol. The lowest BCUT2D eigenvalue weighted by molar-refractivity contribution is -0.150. The van der Waals surface area contributed by atoms with Crippen LogP contribution in [0.5, 0.6) is 0 Å². The van der Waals surface area contributed by atoms with E-state index in [1.807, 2.05) is 0 Å². The molecule has 2 aliphatic rings. The maximum atomic E-state index is 11.5. The predicted octanol–water partition coefficient (Wildman–Crippen LogP) is 2.82. The van der Waals surface area contributed by atoms with E-state index in [2.05, 4.69) is 0 Å². The van der Waals surface area contributed by atoms with Gasteiger partial charge in [0.05, 0.1) is 12.7 Å². The second kappa shape index (κ2) is 6.24. The first-order valence-corrected chi connectivity index (χ1v) is 6.65. The van der Waals surface area contributed by atoms with Crippen molar-refractivity contribution >= 4 is 5.97 Å². The number of ether oxygens (including phenoxy) is 2. The Bertz CT molecular complexity index is 217. The molecule has 0 spiro atoms. The minimum Gasteiger partial charge on any atom is -0.462 e. The predicted molar refractivity (Wildman–Crippen MR) is 61.2 cm³/mol. The lowest BCUT2D eigenvalue weighted by Crippen LogP contribution is -2.20. The molecule has 1 heterocycles. The summed E-state index contributed by atoms with van der Waals surface area (Å²) in [5.41, 5.74) is 0. The van der Waals surface area contributed by atoms with Crippen LogP contribution in [-0.2, 0) is 14.3 Å². The third-order valence-corrected chi connectivity index (χ3v) is 3.41. The summed E-state index contributed by atoms with van der Waals surface area (Å²) in [5.74, 6) is 0.00335. The lowest BCUT2D eigenvalue weighted by Gasteiger charge is -2.21. The van der Waals surface area contributed by atoms with Crippen molar-refractivity contribution < 1.29 is 14.3 Å². The van der Waals surface area contributed by atoms with E-state index in [0.717, 1.165) is 38.7 Å². The maximum Gasteiger partial charge on any atom is 0.306 e. The molecule has 1 unspecified atom stereocenters. The van der Waals surface area contributed by atoms with Crippen LogP contribution in [0.15, 0.2) is 0 Å². The van der Waals surface area contributed by atoms with Gasteiger partial charge in [0.1, 0.15) is 6.10 Å². The molecule has 1 saturated heterocycles. The summed E-state index contributed by atoms with van der Waals surface area (Å²) in [7, 11) is 0. The van der Waals surface area contributed by atoms with Crippen molar-refractivity contribution in [3.8, 4) is 0 Å². The maximum absolute atomic E-state index is 11.5. The van der Waals surface area contributed by atoms with Crippen LogP contribution in [-0.4, -0.2) is 24.8 Å². The fourth-order valence-electron chi connectivity index (χ4n) is 2.30. The molecule has 16 heavy (non-hydrogen) atoms. The Labute approximate surface area is 97.5 Å². The summed E-state index contributed by atoms with van der Waals surface area (Å²) in [5, 5.41) is 0. The Balaban J connectivity index is 1.49. The van der Waals surface area contributed by atoms with Gasteiger partial charge in [0.2, 0.25) is 0 Å². The Kier molecular flexibility index (Phi) is 4.64. The van der Waals surface area contributed by atoms with Crippen molar-refractivity contribution in [1.29, 1.82) is 0 Å². The van der Waals surface area contributed by atoms with E-state index >= 15 is 0 Å². The second-order valence-electron chi connectivity index (χ2n) is 4.95. The number of hydrogen-bond donors (Lipinski definition) is 0. The SMILES string of the molecule is O=C(CCCCC1CO1)OC1CCCCC1. The third kappa shape index (κ3) is 4.52. The van der Waals surface area contributed by atoms with Crippen LogP contribution < -0.4 is 0 Å². The molecule has 0 aromatic rings. The average molecular weight is 226 g/mol. The minimum atomic E-state index is 0.00335. The van der Waals surface area contributed by atoms with Crippen LogP contribution in [0.2, 0.25) is 0 Å².